The predicted molar refractivity (Wildman–Crippen MR) is 63.8 cm³/mol. The molecule has 2 heterocycles. The summed E-state index contributed by atoms with van der Waals surface area (Å²) in [7, 11) is 0. The fraction of sp³-hybridized carbons (Fsp3) is 0.778. The van der Waals surface area contributed by atoms with Crippen molar-refractivity contribution in [2.75, 3.05) is 32.1 Å². The molecule has 0 N–H and O–H groups in total. The highest BCUT2D eigenvalue weighted by Gasteiger charge is 2.34. The average Bonchev–Trinajstić information content (AvgIpc) is 2.59. The van der Waals surface area contributed by atoms with Gasteiger partial charge in [0, 0.05) is 13.1 Å². The van der Waals surface area contributed by atoms with E-state index in [-0.39, 0.29) is 12.1 Å². The van der Waals surface area contributed by atoms with E-state index in [1.54, 1.807) is 4.90 Å². The van der Waals surface area contributed by atoms with E-state index in [1.165, 1.54) is 11.8 Å². The molecule has 0 bridgehead atoms. The van der Waals surface area contributed by atoms with Gasteiger partial charge in [0.2, 0.25) is 5.91 Å². The molecule has 0 spiro atoms. The lowest BCUT2D eigenvalue weighted by atomic mass is 10.3. The number of ether oxygens (including phenoxy) is 1. The number of nitrogens with zero attached hydrogens (tertiary/aromatic N) is 2. The molecular formula is C9H14N2O2S2. The van der Waals surface area contributed by atoms with Crippen LogP contribution in [0.2, 0.25) is 0 Å². The van der Waals surface area contributed by atoms with Crippen LogP contribution in [0, 0.1) is 0 Å². The Bertz CT molecular complexity index is 263. The van der Waals surface area contributed by atoms with Crippen molar-refractivity contribution < 1.29 is 9.53 Å². The highest BCUT2D eigenvalue weighted by molar-refractivity contribution is 8.23. The van der Waals surface area contributed by atoms with Gasteiger partial charge in [0.1, 0.15) is 4.32 Å². The maximum absolute atomic E-state index is 11.6. The number of morpholine rings is 1. The van der Waals surface area contributed by atoms with Crippen LogP contribution in [0.3, 0.4) is 0 Å². The zero-order valence-corrected chi connectivity index (χ0v) is 10.3. The Balaban J connectivity index is 2.02. The molecule has 0 aliphatic carbocycles. The highest BCUT2D eigenvalue weighted by atomic mass is 32.2. The van der Waals surface area contributed by atoms with Crippen LogP contribution in [-0.4, -0.2) is 58.2 Å². The number of rotatable bonds is 2. The standard InChI is InChI=1S/C9H14N2O2S2/c1-7(10-2-4-13-5-3-10)11-8(12)6-15-9(11)14/h7H,2-6H2,1H3. The molecule has 0 aromatic carbocycles. The van der Waals surface area contributed by atoms with Crippen LogP contribution in [0.5, 0.6) is 0 Å². The minimum Gasteiger partial charge on any atom is -0.379 e. The quantitative estimate of drug-likeness (QED) is 0.664. The third-order valence-electron chi connectivity index (χ3n) is 2.73. The second-order valence-electron chi connectivity index (χ2n) is 3.60. The zero-order valence-electron chi connectivity index (χ0n) is 8.64. The monoisotopic (exact) mass is 246 g/mol. The normalized spacial score (nSPS) is 26.1. The lowest BCUT2D eigenvalue weighted by Gasteiger charge is -2.36. The van der Waals surface area contributed by atoms with Gasteiger partial charge in [-0.2, -0.15) is 0 Å². The molecule has 0 aromatic heterocycles. The van der Waals surface area contributed by atoms with E-state index in [1.807, 2.05) is 6.92 Å². The maximum atomic E-state index is 11.6. The minimum atomic E-state index is 0.0731. The number of carbonyl (C=O) groups excluding carboxylic acids is 1. The molecule has 2 aliphatic rings. The fourth-order valence-corrected chi connectivity index (χ4v) is 3.05. The van der Waals surface area contributed by atoms with Crippen LogP contribution >= 0.6 is 24.0 Å². The molecule has 2 saturated heterocycles. The Labute approximate surface area is 98.9 Å². The maximum Gasteiger partial charge on any atom is 0.239 e. The Morgan fingerprint density at radius 1 is 1.47 bits per heavy atom. The van der Waals surface area contributed by atoms with E-state index in [0.717, 1.165) is 26.3 Å². The summed E-state index contributed by atoms with van der Waals surface area (Å²) in [6.45, 7) is 5.26. The van der Waals surface area contributed by atoms with Crippen molar-refractivity contribution in [1.29, 1.82) is 0 Å². The smallest absolute Gasteiger partial charge is 0.239 e. The molecular weight excluding hydrogens is 232 g/mol. The Hall–Kier alpha value is -0.170. The molecule has 2 aliphatic heterocycles. The number of hydrogen-bond donors (Lipinski definition) is 0. The van der Waals surface area contributed by atoms with Crippen LogP contribution < -0.4 is 0 Å². The molecule has 4 nitrogen and oxygen atoms in total. The van der Waals surface area contributed by atoms with Crippen LogP contribution in [-0.2, 0) is 9.53 Å². The zero-order chi connectivity index (χ0) is 10.8. The molecule has 2 fully saturated rings. The predicted octanol–water partition coefficient (Wildman–Crippen LogP) is 0.525. The summed E-state index contributed by atoms with van der Waals surface area (Å²) in [5.41, 5.74) is 0. The SMILES string of the molecule is CC(N1CCOCC1)N1C(=O)CSC1=S. The van der Waals surface area contributed by atoms with Crippen molar-refractivity contribution in [3.8, 4) is 0 Å². The van der Waals surface area contributed by atoms with Crippen molar-refractivity contribution in [2.24, 2.45) is 0 Å². The summed E-state index contributed by atoms with van der Waals surface area (Å²) in [5, 5.41) is 0. The first-order chi connectivity index (χ1) is 7.20. The van der Waals surface area contributed by atoms with Gasteiger partial charge < -0.3 is 4.74 Å². The second kappa shape index (κ2) is 4.78. The summed E-state index contributed by atoms with van der Waals surface area (Å²) in [5.74, 6) is 0.622. The van der Waals surface area contributed by atoms with Gasteiger partial charge in [0.05, 0.1) is 25.1 Å². The summed E-state index contributed by atoms with van der Waals surface area (Å²) in [4.78, 5) is 15.6. The molecule has 6 heteroatoms. The van der Waals surface area contributed by atoms with Crippen molar-refractivity contribution in [3.63, 3.8) is 0 Å². The van der Waals surface area contributed by atoms with Gasteiger partial charge in [-0.1, -0.05) is 24.0 Å². The molecule has 84 valence electrons. The van der Waals surface area contributed by atoms with Gasteiger partial charge in [0.25, 0.3) is 0 Å². The molecule has 2 rings (SSSR count). The van der Waals surface area contributed by atoms with E-state index in [4.69, 9.17) is 17.0 Å². The van der Waals surface area contributed by atoms with E-state index < -0.39 is 0 Å². The fourth-order valence-electron chi connectivity index (χ4n) is 1.84. The van der Waals surface area contributed by atoms with Crippen molar-refractivity contribution >= 4 is 34.2 Å². The topological polar surface area (TPSA) is 32.8 Å². The molecule has 1 unspecified atom stereocenters. The first-order valence-electron chi connectivity index (χ1n) is 5.01. The number of carbonyl (C=O) groups is 1. The molecule has 15 heavy (non-hydrogen) atoms. The number of thioether (sulfide) groups is 1. The van der Waals surface area contributed by atoms with Gasteiger partial charge in [-0.3, -0.25) is 14.6 Å². The Morgan fingerprint density at radius 3 is 2.67 bits per heavy atom. The molecule has 0 radical (unpaired) electrons. The van der Waals surface area contributed by atoms with E-state index >= 15 is 0 Å². The van der Waals surface area contributed by atoms with Crippen molar-refractivity contribution in [2.45, 2.75) is 13.1 Å². The largest absolute Gasteiger partial charge is 0.379 e. The number of thiocarbonyl (C=S) groups is 1. The van der Waals surface area contributed by atoms with Crippen molar-refractivity contribution in [1.82, 2.24) is 9.80 Å². The van der Waals surface area contributed by atoms with Gasteiger partial charge in [-0.25, -0.2) is 0 Å². The summed E-state index contributed by atoms with van der Waals surface area (Å²) >= 11 is 6.63. The molecule has 0 saturated carbocycles. The van der Waals surface area contributed by atoms with Gasteiger partial charge in [-0.15, -0.1) is 0 Å². The van der Waals surface area contributed by atoms with Crippen LogP contribution in [0.4, 0.5) is 0 Å². The molecule has 1 amide bonds. The third kappa shape index (κ3) is 2.33. The van der Waals surface area contributed by atoms with Gasteiger partial charge in [0.15, 0.2) is 0 Å². The first kappa shape index (κ1) is 11.3. The van der Waals surface area contributed by atoms with Crippen LogP contribution in [0.15, 0.2) is 0 Å². The van der Waals surface area contributed by atoms with Crippen LogP contribution in [0.25, 0.3) is 0 Å². The lowest BCUT2D eigenvalue weighted by Crippen LogP contribution is -2.52. The number of amides is 1. The second-order valence-corrected chi connectivity index (χ2v) is 5.21. The first-order valence-corrected chi connectivity index (χ1v) is 6.40. The van der Waals surface area contributed by atoms with Crippen molar-refractivity contribution in [3.05, 3.63) is 0 Å². The Morgan fingerprint density at radius 2 is 2.13 bits per heavy atom. The Kier molecular flexibility index (Phi) is 3.60. The highest BCUT2D eigenvalue weighted by Crippen LogP contribution is 2.23. The summed E-state index contributed by atoms with van der Waals surface area (Å²) in [6.07, 6.45) is 0.0731. The van der Waals surface area contributed by atoms with Gasteiger partial charge >= 0.3 is 0 Å². The van der Waals surface area contributed by atoms with Gasteiger partial charge in [-0.05, 0) is 6.92 Å². The number of hydrogen-bond acceptors (Lipinski definition) is 5. The molecule has 0 aromatic rings. The van der Waals surface area contributed by atoms with E-state index in [0.29, 0.717) is 10.1 Å². The minimum absolute atomic E-state index is 0.0731. The summed E-state index contributed by atoms with van der Waals surface area (Å²) in [6, 6.07) is 0. The van der Waals surface area contributed by atoms with Crippen LogP contribution in [0.1, 0.15) is 6.92 Å². The summed E-state index contributed by atoms with van der Waals surface area (Å²) < 4.78 is 5.99. The average molecular weight is 246 g/mol. The lowest BCUT2D eigenvalue weighted by molar-refractivity contribution is -0.129. The van der Waals surface area contributed by atoms with E-state index in [9.17, 15) is 4.79 Å². The molecule has 1 atom stereocenters. The third-order valence-corrected chi connectivity index (χ3v) is 4.12. The van der Waals surface area contributed by atoms with E-state index in [2.05, 4.69) is 4.90 Å².